The van der Waals surface area contributed by atoms with Gasteiger partial charge in [0.2, 0.25) is 5.91 Å². The minimum atomic E-state index is -4.50. The predicted octanol–water partition coefficient (Wildman–Crippen LogP) is 5.42. The van der Waals surface area contributed by atoms with E-state index in [-0.39, 0.29) is 24.3 Å². The molecule has 1 saturated carbocycles. The number of nitrogens with one attached hydrogen (secondary N) is 2. The van der Waals surface area contributed by atoms with Crippen LogP contribution in [0, 0.1) is 23.4 Å². The van der Waals surface area contributed by atoms with Gasteiger partial charge in [0.1, 0.15) is 24.0 Å². The van der Waals surface area contributed by atoms with Crippen molar-refractivity contribution in [3.63, 3.8) is 0 Å². The van der Waals surface area contributed by atoms with Gasteiger partial charge in [-0.2, -0.15) is 13.2 Å². The number of alkyl halides is 3. The molecule has 0 unspecified atom stereocenters. The maximum Gasteiger partial charge on any atom is 0.405 e. The third kappa shape index (κ3) is 3.88. The van der Waals surface area contributed by atoms with E-state index in [0.717, 1.165) is 6.07 Å². The van der Waals surface area contributed by atoms with Gasteiger partial charge < -0.3 is 10.3 Å². The van der Waals surface area contributed by atoms with Crippen LogP contribution >= 0.6 is 0 Å². The largest absolute Gasteiger partial charge is 0.405 e. The number of amides is 1. The van der Waals surface area contributed by atoms with Gasteiger partial charge in [0.05, 0.1) is 11.2 Å². The highest BCUT2D eigenvalue weighted by molar-refractivity contribution is 5.92. The molecule has 0 bridgehead atoms. The van der Waals surface area contributed by atoms with Crippen LogP contribution in [0.4, 0.5) is 26.3 Å². The van der Waals surface area contributed by atoms with Crippen LogP contribution in [0.25, 0.3) is 22.2 Å². The zero-order valence-corrected chi connectivity index (χ0v) is 15.4. The maximum atomic E-state index is 14.3. The highest BCUT2D eigenvalue weighted by Gasteiger charge is 2.39. The SMILES string of the molecule is O=C(NCC(F)(F)F)C1CC(c2c(-c3ccc(F)cc3)[nH]c3c(F)cc(F)cc23)C1. The molecule has 0 saturated heterocycles. The summed E-state index contributed by atoms with van der Waals surface area (Å²) in [5.41, 5.74) is 1.66. The van der Waals surface area contributed by atoms with E-state index in [2.05, 4.69) is 4.98 Å². The van der Waals surface area contributed by atoms with Crippen molar-refractivity contribution >= 4 is 16.8 Å². The van der Waals surface area contributed by atoms with Crippen molar-refractivity contribution in [3.05, 3.63) is 59.4 Å². The molecule has 2 N–H and O–H groups in total. The Balaban J connectivity index is 1.66. The van der Waals surface area contributed by atoms with Crippen LogP contribution in [0.5, 0.6) is 0 Å². The van der Waals surface area contributed by atoms with Crippen molar-refractivity contribution in [2.45, 2.75) is 24.9 Å². The fraction of sp³-hybridized carbons (Fsp3) is 0.286. The minimum absolute atomic E-state index is 0.0793. The molecule has 1 fully saturated rings. The van der Waals surface area contributed by atoms with Gasteiger partial charge in [0, 0.05) is 17.4 Å². The monoisotopic (exact) mass is 426 g/mol. The van der Waals surface area contributed by atoms with Gasteiger partial charge in [-0.25, -0.2) is 13.2 Å². The fourth-order valence-electron chi connectivity index (χ4n) is 3.91. The third-order valence-electron chi connectivity index (χ3n) is 5.38. The number of rotatable bonds is 4. The Labute approximate surface area is 167 Å². The average molecular weight is 426 g/mol. The molecule has 9 heteroatoms. The van der Waals surface area contributed by atoms with Crippen LogP contribution in [-0.4, -0.2) is 23.6 Å². The summed E-state index contributed by atoms with van der Waals surface area (Å²) in [7, 11) is 0. The number of carbonyl (C=O) groups is 1. The highest BCUT2D eigenvalue weighted by atomic mass is 19.4. The first kappa shape index (κ1) is 20.3. The summed E-state index contributed by atoms with van der Waals surface area (Å²) in [6.07, 6.45) is -4.02. The van der Waals surface area contributed by atoms with E-state index in [1.807, 2.05) is 5.32 Å². The minimum Gasteiger partial charge on any atom is -0.352 e. The third-order valence-corrected chi connectivity index (χ3v) is 5.38. The molecule has 2 aromatic carbocycles. The number of aromatic amines is 1. The molecule has 0 atom stereocenters. The van der Waals surface area contributed by atoms with Gasteiger partial charge in [-0.3, -0.25) is 4.79 Å². The quantitative estimate of drug-likeness (QED) is 0.538. The van der Waals surface area contributed by atoms with Crippen LogP contribution in [0.15, 0.2) is 36.4 Å². The normalized spacial score (nSPS) is 19.0. The first-order valence-electron chi connectivity index (χ1n) is 9.23. The van der Waals surface area contributed by atoms with Crippen LogP contribution in [0.1, 0.15) is 24.3 Å². The van der Waals surface area contributed by atoms with E-state index < -0.39 is 42.0 Å². The Bertz CT molecular complexity index is 1100. The molecular weight excluding hydrogens is 410 g/mol. The van der Waals surface area contributed by atoms with Crippen molar-refractivity contribution in [1.29, 1.82) is 0 Å². The van der Waals surface area contributed by atoms with Gasteiger partial charge in [-0.05, 0) is 60.2 Å². The summed E-state index contributed by atoms with van der Waals surface area (Å²) in [6, 6.07) is 7.36. The number of carbonyl (C=O) groups excluding carboxylic acids is 1. The second-order valence-electron chi connectivity index (χ2n) is 7.43. The molecule has 0 spiro atoms. The summed E-state index contributed by atoms with van der Waals surface area (Å²) >= 11 is 0. The molecule has 0 aliphatic heterocycles. The number of H-pyrrole nitrogens is 1. The van der Waals surface area contributed by atoms with E-state index in [1.54, 1.807) is 0 Å². The molecule has 1 amide bonds. The number of hydrogen-bond donors (Lipinski definition) is 2. The summed E-state index contributed by atoms with van der Waals surface area (Å²) in [5.74, 6) is -3.64. The molecular formula is C21H16F6N2O. The number of benzene rings is 2. The van der Waals surface area contributed by atoms with Crippen LogP contribution < -0.4 is 5.32 Å². The average Bonchev–Trinajstić information content (AvgIpc) is 2.98. The van der Waals surface area contributed by atoms with E-state index in [1.165, 1.54) is 30.3 Å². The van der Waals surface area contributed by atoms with Crippen LogP contribution in [-0.2, 0) is 4.79 Å². The van der Waals surface area contributed by atoms with Crippen LogP contribution in [0.2, 0.25) is 0 Å². The molecule has 4 rings (SSSR count). The highest BCUT2D eigenvalue weighted by Crippen LogP contribution is 2.48. The standard InChI is InChI=1S/C21H16F6N2O/c22-13-3-1-10(2-4-13)18-17(15-7-14(23)8-16(24)19(15)29-18)11-5-12(6-11)20(30)28-9-21(25,26)27/h1-4,7-8,11-12,29H,5-6,9H2,(H,28,30). The topological polar surface area (TPSA) is 44.9 Å². The summed E-state index contributed by atoms with van der Waals surface area (Å²) < 4.78 is 78.4. The van der Waals surface area contributed by atoms with Crippen molar-refractivity contribution in [3.8, 4) is 11.3 Å². The number of hydrogen-bond acceptors (Lipinski definition) is 1. The summed E-state index contributed by atoms with van der Waals surface area (Å²) in [6.45, 7) is -1.41. The Kier molecular flexibility index (Phi) is 4.99. The first-order chi connectivity index (χ1) is 14.1. The zero-order valence-electron chi connectivity index (χ0n) is 15.4. The lowest BCUT2D eigenvalue weighted by Crippen LogP contribution is -2.41. The fourth-order valence-corrected chi connectivity index (χ4v) is 3.91. The molecule has 1 aliphatic rings. The Morgan fingerprint density at radius 1 is 1.03 bits per heavy atom. The van der Waals surface area contributed by atoms with Gasteiger partial charge in [-0.15, -0.1) is 0 Å². The van der Waals surface area contributed by atoms with E-state index >= 15 is 0 Å². The second-order valence-corrected chi connectivity index (χ2v) is 7.43. The lowest BCUT2D eigenvalue weighted by atomic mass is 9.70. The molecule has 30 heavy (non-hydrogen) atoms. The van der Waals surface area contributed by atoms with E-state index in [4.69, 9.17) is 0 Å². The molecule has 1 aliphatic carbocycles. The van der Waals surface area contributed by atoms with Crippen molar-refractivity contribution in [1.82, 2.24) is 10.3 Å². The summed E-state index contributed by atoms with van der Waals surface area (Å²) in [5, 5.41) is 2.16. The van der Waals surface area contributed by atoms with E-state index in [0.29, 0.717) is 22.2 Å². The molecule has 3 aromatic rings. The van der Waals surface area contributed by atoms with Crippen molar-refractivity contribution < 1.29 is 31.1 Å². The Morgan fingerprint density at radius 3 is 2.33 bits per heavy atom. The van der Waals surface area contributed by atoms with Crippen molar-refractivity contribution in [2.24, 2.45) is 5.92 Å². The van der Waals surface area contributed by atoms with Crippen molar-refractivity contribution in [2.75, 3.05) is 6.54 Å². The van der Waals surface area contributed by atoms with Gasteiger partial charge in [-0.1, -0.05) is 0 Å². The molecule has 1 heterocycles. The van der Waals surface area contributed by atoms with E-state index in [9.17, 15) is 31.1 Å². The Hall–Kier alpha value is -2.97. The molecule has 1 aromatic heterocycles. The number of aromatic nitrogens is 1. The first-order valence-corrected chi connectivity index (χ1v) is 9.23. The smallest absolute Gasteiger partial charge is 0.352 e. The maximum absolute atomic E-state index is 14.3. The predicted molar refractivity (Wildman–Crippen MR) is 98.1 cm³/mol. The zero-order chi connectivity index (χ0) is 21.6. The van der Waals surface area contributed by atoms with Gasteiger partial charge in [0.25, 0.3) is 0 Å². The van der Waals surface area contributed by atoms with Gasteiger partial charge in [0.15, 0.2) is 0 Å². The molecule has 3 nitrogen and oxygen atoms in total. The lowest BCUT2D eigenvalue weighted by Gasteiger charge is -2.35. The lowest BCUT2D eigenvalue weighted by molar-refractivity contribution is -0.142. The molecule has 0 radical (unpaired) electrons. The summed E-state index contributed by atoms with van der Waals surface area (Å²) in [4.78, 5) is 14.9. The second kappa shape index (κ2) is 7.37. The Morgan fingerprint density at radius 2 is 1.70 bits per heavy atom. The van der Waals surface area contributed by atoms with Gasteiger partial charge >= 0.3 is 6.18 Å². The molecule has 158 valence electrons. The number of fused-ring (bicyclic) bond motifs is 1. The number of halogens is 6. The van der Waals surface area contributed by atoms with Crippen LogP contribution in [0.3, 0.4) is 0 Å².